The predicted octanol–water partition coefficient (Wildman–Crippen LogP) is 1.40. The van der Waals surface area contributed by atoms with Crippen molar-refractivity contribution in [1.29, 1.82) is 0 Å². The van der Waals surface area contributed by atoms with Gasteiger partial charge in [0.05, 0.1) is 12.2 Å². The molecule has 1 N–H and O–H groups in total. The molecular weight excluding hydrogens is 242 g/mol. The van der Waals surface area contributed by atoms with E-state index in [0.29, 0.717) is 16.9 Å². The zero-order valence-corrected chi connectivity index (χ0v) is 10.1. The number of carbonyl (C=O) groups is 1. The van der Waals surface area contributed by atoms with Gasteiger partial charge in [0.2, 0.25) is 0 Å². The van der Waals surface area contributed by atoms with Crippen molar-refractivity contribution < 1.29 is 18.7 Å². The van der Waals surface area contributed by atoms with Gasteiger partial charge >= 0.3 is 0 Å². The smallest absolute Gasteiger partial charge is 0.260 e. The number of alkyl halides is 2. The van der Waals surface area contributed by atoms with Crippen molar-refractivity contribution in [1.82, 2.24) is 0 Å². The number of amides is 1. The Morgan fingerprint density at radius 3 is 2.78 bits per heavy atom. The van der Waals surface area contributed by atoms with Crippen LogP contribution in [0.15, 0.2) is 18.2 Å². The quantitative estimate of drug-likeness (QED) is 0.889. The molecule has 1 aliphatic heterocycles. The highest BCUT2D eigenvalue weighted by Gasteiger charge is 2.33. The highest BCUT2D eigenvalue weighted by molar-refractivity contribution is 6.03. The number of rotatable bonds is 3. The van der Waals surface area contributed by atoms with Gasteiger partial charge in [-0.3, -0.25) is 4.79 Å². The first-order chi connectivity index (χ1) is 8.41. The lowest BCUT2D eigenvalue weighted by atomic mass is 10.1. The molecule has 1 aromatic carbocycles. The second-order valence-electron chi connectivity index (χ2n) is 4.31. The number of aliphatic hydroxyl groups is 1. The van der Waals surface area contributed by atoms with Crippen molar-refractivity contribution in [3.63, 3.8) is 0 Å². The third-order valence-corrected chi connectivity index (χ3v) is 3.09. The van der Waals surface area contributed by atoms with Crippen LogP contribution in [0.3, 0.4) is 0 Å². The molecule has 0 fully saturated rings. The van der Waals surface area contributed by atoms with Gasteiger partial charge in [0.1, 0.15) is 0 Å². The molecule has 1 heterocycles. The van der Waals surface area contributed by atoms with Crippen molar-refractivity contribution in [2.45, 2.75) is 12.5 Å². The zero-order chi connectivity index (χ0) is 13.4. The molecule has 18 heavy (non-hydrogen) atoms. The Balaban J connectivity index is 2.31. The molecule has 1 atom stereocenters. The highest BCUT2D eigenvalue weighted by Crippen LogP contribution is 2.37. The number of anilines is 2. The number of nitrogens with zero attached hydrogens (tertiary/aromatic N) is 2. The Kier molecular flexibility index (Phi) is 3.21. The standard InChI is InChI=1S/C12H14F2N2O2/c1-15(6-10(13)14)7-3-4-8-9(5-7)16(2)12(18)11(8)17/h3-5,10-11,17H,6H2,1-2H3. The minimum atomic E-state index is -2.42. The fourth-order valence-electron chi connectivity index (χ4n) is 2.04. The van der Waals surface area contributed by atoms with Crippen LogP contribution in [0.4, 0.5) is 20.2 Å². The molecule has 98 valence electrons. The number of aliphatic hydroxyl groups excluding tert-OH is 1. The molecule has 0 aliphatic carbocycles. The maximum absolute atomic E-state index is 12.3. The topological polar surface area (TPSA) is 43.8 Å². The predicted molar refractivity (Wildman–Crippen MR) is 64.1 cm³/mol. The van der Waals surface area contributed by atoms with E-state index < -0.39 is 18.4 Å². The van der Waals surface area contributed by atoms with Gasteiger partial charge in [0.25, 0.3) is 12.3 Å². The van der Waals surface area contributed by atoms with E-state index in [1.807, 2.05) is 0 Å². The summed E-state index contributed by atoms with van der Waals surface area (Å²) in [4.78, 5) is 14.3. The molecule has 0 spiro atoms. The van der Waals surface area contributed by atoms with Crippen molar-refractivity contribution in [3.05, 3.63) is 23.8 Å². The van der Waals surface area contributed by atoms with E-state index in [1.165, 1.54) is 9.80 Å². The van der Waals surface area contributed by atoms with Crippen LogP contribution in [0.5, 0.6) is 0 Å². The molecule has 2 rings (SSSR count). The van der Waals surface area contributed by atoms with Crippen molar-refractivity contribution >= 4 is 17.3 Å². The average Bonchev–Trinajstić information content (AvgIpc) is 2.53. The van der Waals surface area contributed by atoms with Gasteiger partial charge in [-0.1, -0.05) is 6.07 Å². The Morgan fingerprint density at radius 1 is 1.50 bits per heavy atom. The number of benzene rings is 1. The van der Waals surface area contributed by atoms with Crippen LogP contribution in [0.25, 0.3) is 0 Å². The van der Waals surface area contributed by atoms with Crippen molar-refractivity contribution in [2.75, 3.05) is 30.4 Å². The van der Waals surface area contributed by atoms with Crippen LogP contribution < -0.4 is 9.80 Å². The first-order valence-corrected chi connectivity index (χ1v) is 5.50. The van der Waals surface area contributed by atoms with Gasteiger partial charge < -0.3 is 14.9 Å². The van der Waals surface area contributed by atoms with E-state index in [2.05, 4.69) is 0 Å². The minimum Gasteiger partial charge on any atom is -0.378 e. The van der Waals surface area contributed by atoms with Crippen LogP contribution in [0.2, 0.25) is 0 Å². The molecule has 0 aromatic heterocycles. The Labute approximate surface area is 103 Å². The van der Waals surface area contributed by atoms with Crippen LogP contribution in [0.1, 0.15) is 11.7 Å². The van der Waals surface area contributed by atoms with E-state index in [-0.39, 0.29) is 6.54 Å². The summed E-state index contributed by atoms with van der Waals surface area (Å²) in [6.07, 6.45) is -3.58. The fraction of sp³-hybridized carbons (Fsp3) is 0.417. The number of hydrogen-bond donors (Lipinski definition) is 1. The van der Waals surface area contributed by atoms with Gasteiger partial charge in [0, 0.05) is 25.3 Å². The molecule has 1 unspecified atom stereocenters. The first kappa shape index (κ1) is 12.8. The van der Waals surface area contributed by atoms with Gasteiger partial charge in [-0.15, -0.1) is 0 Å². The summed E-state index contributed by atoms with van der Waals surface area (Å²) in [5.41, 5.74) is 1.66. The second kappa shape index (κ2) is 4.53. The van der Waals surface area contributed by atoms with Crippen LogP contribution >= 0.6 is 0 Å². The molecule has 0 saturated heterocycles. The summed E-state index contributed by atoms with van der Waals surface area (Å²) in [5, 5.41) is 9.67. The molecule has 0 radical (unpaired) electrons. The summed E-state index contributed by atoms with van der Waals surface area (Å²) in [6.45, 7) is -0.376. The summed E-state index contributed by atoms with van der Waals surface area (Å²) < 4.78 is 24.6. The number of carbonyl (C=O) groups excluding carboxylic acids is 1. The zero-order valence-electron chi connectivity index (χ0n) is 10.1. The minimum absolute atomic E-state index is 0.376. The van der Waals surface area contributed by atoms with Crippen LogP contribution in [-0.2, 0) is 4.79 Å². The Hall–Kier alpha value is -1.69. The number of hydrogen-bond acceptors (Lipinski definition) is 3. The average molecular weight is 256 g/mol. The highest BCUT2D eigenvalue weighted by atomic mass is 19.3. The lowest BCUT2D eigenvalue weighted by molar-refractivity contribution is -0.125. The van der Waals surface area contributed by atoms with Gasteiger partial charge in [-0.2, -0.15) is 0 Å². The summed E-state index contributed by atoms with van der Waals surface area (Å²) >= 11 is 0. The number of likely N-dealkylation sites (N-methyl/N-ethyl adjacent to an activating group) is 1. The molecule has 0 bridgehead atoms. The monoisotopic (exact) mass is 256 g/mol. The summed E-state index contributed by atoms with van der Waals surface area (Å²) in [5.74, 6) is -0.404. The molecule has 1 amide bonds. The molecule has 1 aromatic rings. The van der Waals surface area contributed by atoms with Crippen LogP contribution in [0, 0.1) is 0 Å². The third kappa shape index (κ3) is 2.03. The van der Waals surface area contributed by atoms with Crippen molar-refractivity contribution in [3.8, 4) is 0 Å². The Bertz CT molecular complexity index is 479. The fourth-order valence-corrected chi connectivity index (χ4v) is 2.04. The van der Waals surface area contributed by atoms with E-state index in [9.17, 15) is 18.7 Å². The number of halogens is 2. The molecule has 0 saturated carbocycles. The summed E-state index contributed by atoms with van der Waals surface area (Å²) in [6, 6.07) is 4.85. The molecule has 4 nitrogen and oxygen atoms in total. The third-order valence-electron chi connectivity index (χ3n) is 3.09. The summed E-state index contributed by atoms with van der Waals surface area (Å²) in [7, 11) is 3.11. The van der Waals surface area contributed by atoms with Gasteiger partial charge in [0.15, 0.2) is 6.10 Å². The largest absolute Gasteiger partial charge is 0.378 e. The lowest BCUT2D eigenvalue weighted by Gasteiger charge is -2.20. The van der Waals surface area contributed by atoms with E-state index in [0.717, 1.165) is 0 Å². The first-order valence-electron chi connectivity index (χ1n) is 5.50. The van der Waals surface area contributed by atoms with E-state index in [4.69, 9.17) is 0 Å². The normalized spacial score (nSPS) is 18.4. The van der Waals surface area contributed by atoms with E-state index >= 15 is 0 Å². The second-order valence-corrected chi connectivity index (χ2v) is 4.31. The maximum atomic E-state index is 12.3. The lowest BCUT2D eigenvalue weighted by Crippen LogP contribution is -2.25. The van der Waals surface area contributed by atoms with Crippen LogP contribution in [-0.4, -0.2) is 38.1 Å². The SMILES string of the molecule is CN(CC(F)F)c1ccc2c(c1)N(C)C(=O)C2O. The number of fused-ring (bicyclic) bond motifs is 1. The van der Waals surface area contributed by atoms with Gasteiger partial charge in [-0.05, 0) is 12.1 Å². The molecule has 6 heteroatoms. The van der Waals surface area contributed by atoms with Crippen molar-refractivity contribution in [2.24, 2.45) is 0 Å². The van der Waals surface area contributed by atoms with E-state index in [1.54, 1.807) is 32.3 Å². The van der Waals surface area contributed by atoms with Gasteiger partial charge in [-0.25, -0.2) is 8.78 Å². The molecular formula is C12H14F2N2O2. The Morgan fingerprint density at radius 2 is 2.17 bits per heavy atom. The maximum Gasteiger partial charge on any atom is 0.260 e. The molecule has 1 aliphatic rings.